The molecule has 2 aromatic carbocycles. The fourth-order valence-corrected chi connectivity index (χ4v) is 4.82. The van der Waals surface area contributed by atoms with Gasteiger partial charge >= 0.3 is 0 Å². The summed E-state index contributed by atoms with van der Waals surface area (Å²) in [5, 5.41) is -0.295. The summed E-state index contributed by atoms with van der Waals surface area (Å²) in [7, 11) is 0. The number of carbonyl (C=O) groups excluding carboxylic acids is 2. The number of benzene rings is 2. The third-order valence-corrected chi connectivity index (χ3v) is 6.42. The van der Waals surface area contributed by atoms with E-state index in [0.717, 1.165) is 37.8 Å². The molecule has 1 fully saturated rings. The van der Waals surface area contributed by atoms with Crippen molar-refractivity contribution in [3.8, 4) is 17.2 Å². The van der Waals surface area contributed by atoms with Gasteiger partial charge in [-0.15, -0.1) is 0 Å². The summed E-state index contributed by atoms with van der Waals surface area (Å²) < 4.78 is 18.1. The molecule has 0 unspecified atom stereocenters. The van der Waals surface area contributed by atoms with Crippen LogP contribution in [0.5, 0.6) is 17.2 Å². The molecule has 6 nitrogen and oxygen atoms in total. The molecule has 0 bridgehead atoms. The highest BCUT2D eigenvalue weighted by atomic mass is 127. The van der Waals surface area contributed by atoms with E-state index in [2.05, 4.69) is 22.6 Å². The lowest BCUT2D eigenvalue weighted by molar-refractivity contribution is -0.123. The SMILES string of the molecule is CCOc1cc(/C=C2\SC(=O)N(CCOc3cc(C)ccc3C)C2=O)cc(I)c1OCC. The van der Waals surface area contributed by atoms with Crippen LogP contribution in [0.2, 0.25) is 0 Å². The Bertz CT molecular complexity index is 1050. The Morgan fingerprint density at radius 3 is 2.47 bits per heavy atom. The van der Waals surface area contributed by atoms with Gasteiger partial charge in [0.1, 0.15) is 12.4 Å². The zero-order chi connectivity index (χ0) is 23.3. The highest BCUT2D eigenvalue weighted by Crippen LogP contribution is 2.37. The number of thioether (sulfide) groups is 1. The maximum atomic E-state index is 12.9. The predicted molar refractivity (Wildman–Crippen MR) is 136 cm³/mol. The van der Waals surface area contributed by atoms with E-state index in [4.69, 9.17) is 14.2 Å². The maximum absolute atomic E-state index is 12.9. The molecule has 2 amide bonds. The number of nitrogens with zero attached hydrogens (tertiary/aromatic N) is 1. The number of hydrogen-bond donors (Lipinski definition) is 0. The smallest absolute Gasteiger partial charge is 0.293 e. The lowest BCUT2D eigenvalue weighted by atomic mass is 10.1. The largest absolute Gasteiger partial charge is 0.491 e. The third-order valence-electron chi connectivity index (χ3n) is 4.71. The number of amides is 2. The molecule has 2 aromatic rings. The van der Waals surface area contributed by atoms with Gasteiger partial charge in [0.15, 0.2) is 11.5 Å². The number of carbonyl (C=O) groups is 2. The molecule has 0 atom stereocenters. The maximum Gasteiger partial charge on any atom is 0.293 e. The first kappa shape index (κ1) is 24.4. The number of imide groups is 1. The Labute approximate surface area is 206 Å². The second-order valence-corrected chi connectivity index (χ2v) is 9.30. The molecule has 0 aliphatic carbocycles. The molecule has 1 saturated heterocycles. The average Bonchev–Trinajstić information content (AvgIpc) is 3.00. The van der Waals surface area contributed by atoms with E-state index in [1.165, 1.54) is 4.90 Å². The van der Waals surface area contributed by atoms with Crippen molar-refractivity contribution in [3.05, 3.63) is 55.5 Å². The first-order valence-corrected chi connectivity index (χ1v) is 12.3. The van der Waals surface area contributed by atoms with Gasteiger partial charge in [0.2, 0.25) is 0 Å². The zero-order valence-corrected chi connectivity index (χ0v) is 21.5. The highest BCUT2D eigenvalue weighted by Gasteiger charge is 2.35. The van der Waals surface area contributed by atoms with Crippen molar-refractivity contribution in [2.75, 3.05) is 26.4 Å². The van der Waals surface area contributed by atoms with E-state index in [1.54, 1.807) is 6.08 Å². The molecule has 0 spiro atoms. The number of aryl methyl sites for hydroxylation is 2. The highest BCUT2D eigenvalue weighted by molar-refractivity contribution is 14.1. The predicted octanol–water partition coefficient (Wildman–Crippen LogP) is 5.82. The first-order chi connectivity index (χ1) is 15.3. The Morgan fingerprint density at radius 1 is 1.00 bits per heavy atom. The van der Waals surface area contributed by atoms with Gasteiger partial charge in [-0.25, -0.2) is 0 Å². The van der Waals surface area contributed by atoms with E-state index in [9.17, 15) is 9.59 Å². The fraction of sp³-hybridized carbons (Fsp3) is 0.333. The Kier molecular flexibility index (Phi) is 8.47. The van der Waals surface area contributed by atoms with E-state index in [1.807, 2.05) is 58.0 Å². The van der Waals surface area contributed by atoms with Crippen LogP contribution < -0.4 is 14.2 Å². The summed E-state index contributed by atoms with van der Waals surface area (Å²) in [5.74, 6) is 1.75. The van der Waals surface area contributed by atoms with E-state index in [-0.39, 0.29) is 24.3 Å². The van der Waals surface area contributed by atoms with Crippen LogP contribution in [0.1, 0.15) is 30.5 Å². The van der Waals surface area contributed by atoms with E-state index >= 15 is 0 Å². The summed E-state index contributed by atoms with van der Waals surface area (Å²) in [6, 6.07) is 9.69. The van der Waals surface area contributed by atoms with Gasteiger partial charge in [-0.2, -0.15) is 0 Å². The fourth-order valence-electron chi connectivity index (χ4n) is 3.17. The van der Waals surface area contributed by atoms with Crippen LogP contribution in [-0.4, -0.2) is 42.4 Å². The molecular formula is C24H26INO5S. The van der Waals surface area contributed by atoms with Crippen LogP contribution in [-0.2, 0) is 4.79 Å². The van der Waals surface area contributed by atoms with Crippen molar-refractivity contribution in [1.29, 1.82) is 0 Å². The Morgan fingerprint density at radius 2 is 1.75 bits per heavy atom. The van der Waals surface area contributed by atoms with Gasteiger partial charge in [-0.1, -0.05) is 12.1 Å². The minimum atomic E-state index is -0.314. The first-order valence-electron chi connectivity index (χ1n) is 10.4. The van der Waals surface area contributed by atoms with Gasteiger partial charge < -0.3 is 14.2 Å². The molecule has 32 heavy (non-hydrogen) atoms. The lowest BCUT2D eigenvalue weighted by Crippen LogP contribution is -2.32. The molecule has 3 rings (SSSR count). The molecule has 0 N–H and O–H groups in total. The van der Waals surface area contributed by atoms with Crippen LogP contribution in [0.4, 0.5) is 4.79 Å². The van der Waals surface area contributed by atoms with Gasteiger partial charge in [0.25, 0.3) is 11.1 Å². The van der Waals surface area contributed by atoms with Crippen molar-refractivity contribution in [2.24, 2.45) is 0 Å². The quantitative estimate of drug-likeness (QED) is 0.281. The molecular weight excluding hydrogens is 541 g/mol. The molecule has 0 aromatic heterocycles. The number of rotatable bonds is 9. The molecule has 0 radical (unpaired) electrons. The summed E-state index contributed by atoms with van der Waals surface area (Å²) >= 11 is 3.12. The summed E-state index contributed by atoms with van der Waals surface area (Å²) in [5.41, 5.74) is 2.88. The van der Waals surface area contributed by atoms with Crippen molar-refractivity contribution >= 4 is 51.6 Å². The van der Waals surface area contributed by atoms with Gasteiger partial charge in [0, 0.05) is 0 Å². The molecule has 1 aliphatic rings. The molecule has 0 saturated carbocycles. The lowest BCUT2D eigenvalue weighted by Gasteiger charge is -2.15. The van der Waals surface area contributed by atoms with E-state index in [0.29, 0.717) is 29.6 Å². The second kappa shape index (κ2) is 11.1. The summed E-state index contributed by atoms with van der Waals surface area (Å²) in [6.45, 7) is 9.24. The van der Waals surface area contributed by atoms with Crippen molar-refractivity contribution in [3.63, 3.8) is 0 Å². The minimum absolute atomic E-state index is 0.195. The number of halogens is 1. The van der Waals surface area contributed by atoms with Crippen LogP contribution in [0.25, 0.3) is 6.08 Å². The van der Waals surface area contributed by atoms with Crippen LogP contribution in [0.15, 0.2) is 35.2 Å². The standard InChI is InChI=1S/C24H26INO5S/c1-5-29-20-13-17(12-18(25)22(20)30-6-2)14-21-23(27)26(24(28)32-21)9-10-31-19-11-15(3)7-8-16(19)4/h7-8,11-14H,5-6,9-10H2,1-4H3/b21-14-. The monoisotopic (exact) mass is 567 g/mol. The van der Waals surface area contributed by atoms with Gasteiger partial charge in [-0.3, -0.25) is 14.5 Å². The molecule has 1 heterocycles. The van der Waals surface area contributed by atoms with Crippen LogP contribution in [0, 0.1) is 17.4 Å². The third kappa shape index (κ3) is 5.78. The zero-order valence-electron chi connectivity index (χ0n) is 18.6. The van der Waals surface area contributed by atoms with Crippen molar-refractivity contribution < 1.29 is 23.8 Å². The summed E-state index contributed by atoms with van der Waals surface area (Å²) in [4.78, 5) is 26.9. The van der Waals surface area contributed by atoms with E-state index < -0.39 is 0 Å². The number of ether oxygens (including phenoxy) is 3. The molecule has 1 aliphatic heterocycles. The molecule has 170 valence electrons. The topological polar surface area (TPSA) is 65.1 Å². The Hall–Kier alpha value is -2.20. The minimum Gasteiger partial charge on any atom is -0.491 e. The summed E-state index contributed by atoms with van der Waals surface area (Å²) in [6.07, 6.45) is 1.72. The van der Waals surface area contributed by atoms with Crippen LogP contribution in [0.3, 0.4) is 0 Å². The van der Waals surface area contributed by atoms with Crippen molar-refractivity contribution in [1.82, 2.24) is 4.90 Å². The normalized spacial score (nSPS) is 14.9. The second-order valence-electron chi connectivity index (χ2n) is 7.15. The van der Waals surface area contributed by atoms with Crippen LogP contribution >= 0.6 is 34.4 Å². The Balaban J connectivity index is 1.73. The average molecular weight is 567 g/mol. The number of hydrogen-bond acceptors (Lipinski definition) is 6. The van der Waals surface area contributed by atoms with Crippen molar-refractivity contribution in [2.45, 2.75) is 27.7 Å². The van der Waals surface area contributed by atoms with Gasteiger partial charge in [0.05, 0.1) is 28.2 Å². The molecule has 8 heteroatoms. The van der Waals surface area contributed by atoms with Gasteiger partial charge in [-0.05, 0) is 103 Å².